The zero-order valence-corrected chi connectivity index (χ0v) is 20.8. The van der Waals surface area contributed by atoms with Gasteiger partial charge in [0.25, 0.3) is 0 Å². The number of morpholine rings is 1. The van der Waals surface area contributed by atoms with Gasteiger partial charge in [-0.25, -0.2) is 19.7 Å². The minimum atomic E-state index is -0.490. The highest BCUT2D eigenvalue weighted by Crippen LogP contribution is 2.34. The summed E-state index contributed by atoms with van der Waals surface area (Å²) in [4.78, 5) is 33.7. The number of rotatable bonds is 6. The van der Waals surface area contributed by atoms with Gasteiger partial charge < -0.3 is 23.7 Å². The summed E-state index contributed by atoms with van der Waals surface area (Å²) in [7, 11) is 2.86. The van der Waals surface area contributed by atoms with Gasteiger partial charge in [-0.05, 0) is 44.2 Å². The number of aromatic nitrogens is 5. The van der Waals surface area contributed by atoms with E-state index in [1.807, 2.05) is 18.2 Å². The van der Waals surface area contributed by atoms with E-state index in [9.17, 15) is 4.79 Å². The third kappa shape index (κ3) is 4.13. The largest absolute Gasteiger partial charge is 0.496 e. The molecule has 1 unspecified atom stereocenters. The maximum absolute atomic E-state index is 12.4. The van der Waals surface area contributed by atoms with Crippen molar-refractivity contribution in [3.63, 3.8) is 0 Å². The van der Waals surface area contributed by atoms with Crippen LogP contribution in [0.15, 0.2) is 42.7 Å². The molecule has 0 saturated carbocycles. The molecule has 3 aromatic heterocycles. The summed E-state index contributed by atoms with van der Waals surface area (Å²) < 4.78 is 18.1. The number of fused-ring (bicyclic) bond motifs is 1. The van der Waals surface area contributed by atoms with Crippen molar-refractivity contribution < 1.29 is 19.0 Å². The summed E-state index contributed by atoms with van der Waals surface area (Å²) in [6.07, 6.45) is 3.50. The number of nitrogens with zero attached hydrogens (tertiary/aromatic N) is 6. The second kappa shape index (κ2) is 9.90. The van der Waals surface area contributed by atoms with Crippen molar-refractivity contribution in [3.8, 4) is 28.5 Å². The molecular formula is C26H28N6O4. The first-order valence-electron chi connectivity index (χ1n) is 11.9. The lowest BCUT2D eigenvalue weighted by Crippen LogP contribution is -2.44. The molecule has 4 aromatic rings. The number of ether oxygens (including phenoxy) is 3. The molecule has 10 heteroatoms. The minimum absolute atomic E-state index is 0.113. The molecule has 0 bridgehead atoms. The molecule has 10 nitrogen and oxygen atoms in total. The Morgan fingerprint density at radius 1 is 1.11 bits per heavy atom. The number of hydrogen-bond acceptors (Lipinski definition) is 9. The van der Waals surface area contributed by atoms with Crippen LogP contribution in [-0.4, -0.2) is 70.5 Å². The number of anilines is 1. The SMILES string of the molecule is CCn1c(-c2ccncc2)nc2c(N3CCOCC3C)nc(-c3ccc(OC)c(C(=O)OC)c3)nc21. The highest BCUT2D eigenvalue weighted by molar-refractivity contribution is 5.94. The smallest absolute Gasteiger partial charge is 0.341 e. The molecule has 0 radical (unpaired) electrons. The van der Waals surface area contributed by atoms with Crippen molar-refractivity contribution >= 4 is 23.0 Å². The van der Waals surface area contributed by atoms with Gasteiger partial charge in [0.05, 0.1) is 33.5 Å². The molecule has 0 N–H and O–H groups in total. The highest BCUT2D eigenvalue weighted by atomic mass is 16.5. The van der Waals surface area contributed by atoms with Gasteiger partial charge in [-0.1, -0.05) is 0 Å². The average Bonchev–Trinajstić information content (AvgIpc) is 3.31. The molecule has 1 fully saturated rings. The Labute approximate surface area is 208 Å². The van der Waals surface area contributed by atoms with Crippen molar-refractivity contribution in [1.82, 2.24) is 24.5 Å². The van der Waals surface area contributed by atoms with Crippen LogP contribution in [0.3, 0.4) is 0 Å². The van der Waals surface area contributed by atoms with E-state index in [1.165, 1.54) is 14.2 Å². The van der Waals surface area contributed by atoms with Crippen molar-refractivity contribution in [2.45, 2.75) is 26.4 Å². The van der Waals surface area contributed by atoms with Crippen LogP contribution < -0.4 is 9.64 Å². The van der Waals surface area contributed by atoms with Gasteiger partial charge in [-0.2, -0.15) is 0 Å². The van der Waals surface area contributed by atoms with Crippen molar-refractivity contribution in [1.29, 1.82) is 0 Å². The van der Waals surface area contributed by atoms with E-state index >= 15 is 0 Å². The molecule has 0 amide bonds. The molecule has 1 atom stereocenters. The van der Waals surface area contributed by atoms with Gasteiger partial charge in [0, 0.05) is 36.6 Å². The predicted molar refractivity (Wildman–Crippen MR) is 135 cm³/mol. The van der Waals surface area contributed by atoms with Crippen LogP contribution in [0.25, 0.3) is 33.9 Å². The van der Waals surface area contributed by atoms with Crippen molar-refractivity contribution in [2.75, 3.05) is 38.9 Å². The van der Waals surface area contributed by atoms with Gasteiger partial charge in [-0.3, -0.25) is 4.98 Å². The van der Waals surface area contributed by atoms with Crippen LogP contribution in [0.4, 0.5) is 5.82 Å². The monoisotopic (exact) mass is 488 g/mol. The maximum Gasteiger partial charge on any atom is 0.341 e. The number of methoxy groups -OCH3 is 2. The first kappa shape index (κ1) is 23.7. The Bertz CT molecular complexity index is 1400. The molecule has 1 aromatic carbocycles. The van der Waals surface area contributed by atoms with Crippen LogP contribution in [0, 0.1) is 0 Å². The van der Waals surface area contributed by atoms with E-state index in [4.69, 9.17) is 29.2 Å². The molecule has 5 rings (SSSR count). The lowest BCUT2D eigenvalue weighted by atomic mass is 10.1. The van der Waals surface area contributed by atoms with Gasteiger partial charge >= 0.3 is 5.97 Å². The van der Waals surface area contributed by atoms with E-state index in [0.29, 0.717) is 49.0 Å². The zero-order valence-electron chi connectivity index (χ0n) is 20.8. The van der Waals surface area contributed by atoms with Gasteiger partial charge in [0.1, 0.15) is 17.1 Å². The van der Waals surface area contributed by atoms with E-state index < -0.39 is 5.97 Å². The fraction of sp³-hybridized carbons (Fsp3) is 0.346. The Balaban J connectivity index is 1.76. The van der Waals surface area contributed by atoms with Crippen LogP contribution in [0.5, 0.6) is 5.75 Å². The molecule has 1 aliphatic rings. The third-order valence-corrected chi connectivity index (χ3v) is 6.33. The number of hydrogen-bond donors (Lipinski definition) is 0. The fourth-order valence-electron chi connectivity index (χ4n) is 4.49. The second-order valence-corrected chi connectivity index (χ2v) is 8.48. The standard InChI is InChI=1S/C26H28N6O4/c1-5-31-23(17-8-10-27-11-9-17)28-21-24(31)29-22(30-25(21)32-12-13-36-15-16(32)2)18-6-7-20(34-3)19(14-18)26(33)35-4/h6-11,14,16H,5,12-13,15H2,1-4H3. The second-order valence-electron chi connectivity index (χ2n) is 8.48. The zero-order chi connectivity index (χ0) is 25.2. The molecule has 0 spiro atoms. The normalized spacial score (nSPS) is 15.8. The van der Waals surface area contributed by atoms with Crippen LogP contribution in [0.1, 0.15) is 24.2 Å². The van der Waals surface area contributed by atoms with E-state index in [1.54, 1.807) is 24.5 Å². The average molecular weight is 489 g/mol. The topological polar surface area (TPSA) is 104 Å². The Morgan fingerprint density at radius 3 is 2.61 bits per heavy atom. The summed E-state index contributed by atoms with van der Waals surface area (Å²) in [5.41, 5.74) is 3.38. The van der Waals surface area contributed by atoms with E-state index in [2.05, 4.69) is 28.3 Å². The minimum Gasteiger partial charge on any atom is -0.496 e. The van der Waals surface area contributed by atoms with Crippen molar-refractivity contribution in [2.24, 2.45) is 0 Å². The number of pyridine rings is 1. The van der Waals surface area contributed by atoms with E-state index in [0.717, 1.165) is 28.4 Å². The molecule has 1 saturated heterocycles. The molecule has 0 aliphatic carbocycles. The summed E-state index contributed by atoms with van der Waals surface area (Å²) >= 11 is 0. The number of carbonyl (C=O) groups excluding carboxylic acids is 1. The van der Waals surface area contributed by atoms with Crippen LogP contribution in [-0.2, 0) is 16.0 Å². The maximum atomic E-state index is 12.4. The molecular weight excluding hydrogens is 460 g/mol. The summed E-state index contributed by atoms with van der Waals surface area (Å²) in [5.74, 6) is 1.96. The number of imidazole rings is 1. The third-order valence-electron chi connectivity index (χ3n) is 6.33. The Hall–Kier alpha value is -4.05. The fourth-order valence-corrected chi connectivity index (χ4v) is 4.49. The summed E-state index contributed by atoms with van der Waals surface area (Å²) in [6.45, 7) is 6.72. The highest BCUT2D eigenvalue weighted by Gasteiger charge is 2.27. The summed E-state index contributed by atoms with van der Waals surface area (Å²) in [6, 6.07) is 9.26. The molecule has 1 aliphatic heterocycles. The van der Waals surface area contributed by atoms with Crippen LogP contribution >= 0.6 is 0 Å². The van der Waals surface area contributed by atoms with Crippen LogP contribution in [0.2, 0.25) is 0 Å². The molecule has 36 heavy (non-hydrogen) atoms. The number of carbonyl (C=O) groups is 1. The summed E-state index contributed by atoms with van der Waals surface area (Å²) in [5, 5.41) is 0. The lowest BCUT2D eigenvalue weighted by Gasteiger charge is -2.34. The van der Waals surface area contributed by atoms with Gasteiger partial charge in [0.2, 0.25) is 0 Å². The number of aryl methyl sites for hydroxylation is 1. The molecule has 186 valence electrons. The predicted octanol–water partition coefficient (Wildman–Crippen LogP) is 3.60. The first-order chi connectivity index (χ1) is 17.5. The quantitative estimate of drug-likeness (QED) is 0.377. The van der Waals surface area contributed by atoms with E-state index in [-0.39, 0.29) is 6.04 Å². The van der Waals surface area contributed by atoms with Gasteiger partial charge in [-0.15, -0.1) is 0 Å². The first-order valence-corrected chi connectivity index (χ1v) is 11.9. The molecule has 4 heterocycles. The van der Waals surface area contributed by atoms with Crippen molar-refractivity contribution in [3.05, 3.63) is 48.3 Å². The van der Waals surface area contributed by atoms with Gasteiger partial charge in [0.15, 0.2) is 22.8 Å². The number of benzene rings is 1. The number of esters is 1. The Kier molecular flexibility index (Phi) is 6.51. The Morgan fingerprint density at radius 2 is 1.92 bits per heavy atom. The lowest BCUT2D eigenvalue weighted by molar-refractivity contribution is 0.0597.